The third-order valence-corrected chi connectivity index (χ3v) is 6.22. The van der Waals surface area contributed by atoms with Crippen LogP contribution in [-0.4, -0.2) is 30.0 Å². The number of pyridine rings is 2. The standard InChI is InChI=1S/C29H20N2O3/c1-33-25-13-11-23-19(15-17-7-3-5-9-21(17)30-23)27(25)29(32)28-20-16-18-8-4-6-10-22(18)31-24(20)12-14-26(28)34-2/h3-16H,1-2H3. The number of carbonyl (C=O) groups is 1. The quantitative estimate of drug-likeness (QED) is 0.235. The summed E-state index contributed by atoms with van der Waals surface area (Å²) in [5.41, 5.74) is 4.11. The van der Waals surface area contributed by atoms with Gasteiger partial charge in [0.2, 0.25) is 5.78 Å². The molecule has 5 nitrogen and oxygen atoms in total. The van der Waals surface area contributed by atoms with Crippen LogP contribution in [0.1, 0.15) is 15.9 Å². The first kappa shape index (κ1) is 20.1. The van der Waals surface area contributed by atoms with Crippen molar-refractivity contribution in [3.05, 3.63) is 96.1 Å². The molecular weight excluding hydrogens is 424 g/mol. The zero-order valence-electron chi connectivity index (χ0n) is 18.7. The predicted molar refractivity (Wildman–Crippen MR) is 135 cm³/mol. The molecule has 0 saturated carbocycles. The molecule has 164 valence electrons. The number of carbonyl (C=O) groups excluding carboxylic acids is 1. The Hall–Kier alpha value is -4.51. The van der Waals surface area contributed by atoms with Crippen LogP contribution in [0.25, 0.3) is 43.6 Å². The molecule has 0 fully saturated rings. The lowest BCUT2D eigenvalue weighted by Gasteiger charge is -2.15. The number of benzene rings is 4. The monoisotopic (exact) mass is 444 g/mol. The fourth-order valence-corrected chi connectivity index (χ4v) is 4.59. The summed E-state index contributed by atoms with van der Waals surface area (Å²) in [5, 5.41) is 3.37. The molecule has 0 bridgehead atoms. The number of ketones is 1. The van der Waals surface area contributed by atoms with E-state index >= 15 is 0 Å². The Balaban J connectivity index is 1.69. The lowest BCUT2D eigenvalue weighted by molar-refractivity contribution is 0.103. The van der Waals surface area contributed by atoms with Crippen LogP contribution in [0, 0.1) is 0 Å². The Kier molecular flexibility index (Phi) is 4.62. The molecule has 0 N–H and O–H groups in total. The molecule has 0 amide bonds. The van der Waals surface area contributed by atoms with Crippen molar-refractivity contribution in [2.24, 2.45) is 0 Å². The van der Waals surface area contributed by atoms with Crippen LogP contribution in [0.3, 0.4) is 0 Å². The van der Waals surface area contributed by atoms with Gasteiger partial charge in [-0.1, -0.05) is 36.4 Å². The number of hydrogen-bond acceptors (Lipinski definition) is 5. The summed E-state index contributed by atoms with van der Waals surface area (Å²) >= 11 is 0. The maximum Gasteiger partial charge on any atom is 0.201 e. The van der Waals surface area contributed by atoms with Gasteiger partial charge in [-0.2, -0.15) is 0 Å². The van der Waals surface area contributed by atoms with Gasteiger partial charge in [-0.3, -0.25) is 4.79 Å². The Morgan fingerprint density at radius 3 is 1.47 bits per heavy atom. The first-order chi connectivity index (χ1) is 16.7. The van der Waals surface area contributed by atoms with Crippen molar-refractivity contribution < 1.29 is 14.3 Å². The molecule has 34 heavy (non-hydrogen) atoms. The summed E-state index contributed by atoms with van der Waals surface area (Å²) in [7, 11) is 3.14. The second-order valence-electron chi connectivity index (χ2n) is 8.11. The number of aromatic nitrogens is 2. The van der Waals surface area contributed by atoms with Crippen LogP contribution in [-0.2, 0) is 0 Å². The van der Waals surface area contributed by atoms with E-state index in [-0.39, 0.29) is 5.78 Å². The van der Waals surface area contributed by atoms with E-state index in [1.54, 1.807) is 26.4 Å². The smallest absolute Gasteiger partial charge is 0.201 e. The van der Waals surface area contributed by atoms with E-state index in [0.29, 0.717) is 22.6 Å². The maximum atomic E-state index is 14.3. The molecule has 2 aromatic heterocycles. The predicted octanol–water partition coefficient (Wildman–Crippen LogP) is 6.34. The van der Waals surface area contributed by atoms with Gasteiger partial charge in [-0.05, 0) is 48.5 Å². The van der Waals surface area contributed by atoms with Gasteiger partial charge < -0.3 is 9.47 Å². The number of rotatable bonds is 4. The molecule has 0 aliphatic rings. The molecule has 0 spiro atoms. The van der Waals surface area contributed by atoms with Crippen molar-refractivity contribution in [3.63, 3.8) is 0 Å². The first-order valence-electron chi connectivity index (χ1n) is 11.0. The fraction of sp³-hybridized carbons (Fsp3) is 0.0690. The van der Waals surface area contributed by atoms with Crippen LogP contribution in [0.2, 0.25) is 0 Å². The third kappa shape index (κ3) is 3.05. The molecule has 0 aliphatic heterocycles. The van der Waals surface area contributed by atoms with Crippen molar-refractivity contribution in [1.29, 1.82) is 0 Å². The molecule has 5 heteroatoms. The van der Waals surface area contributed by atoms with Gasteiger partial charge in [0.05, 0.1) is 47.4 Å². The molecule has 6 aromatic rings. The summed E-state index contributed by atoms with van der Waals surface area (Å²) in [4.78, 5) is 23.9. The lowest BCUT2D eigenvalue weighted by atomic mass is 9.93. The van der Waals surface area contributed by atoms with E-state index in [0.717, 1.165) is 43.6 Å². The first-order valence-corrected chi connectivity index (χ1v) is 11.0. The summed E-state index contributed by atoms with van der Waals surface area (Å²) < 4.78 is 11.3. The highest BCUT2D eigenvalue weighted by Gasteiger charge is 2.25. The largest absolute Gasteiger partial charge is 0.496 e. The summed E-state index contributed by atoms with van der Waals surface area (Å²) in [5.74, 6) is 0.781. The van der Waals surface area contributed by atoms with Crippen LogP contribution >= 0.6 is 0 Å². The Morgan fingerprint density at radius 2 is 1.03 bits per heavy atom. The van der Waals surface area contributed by atoms with Crippen molar-refractivity contribution in [2.75, 3.05) is 14.2 Å². The van der Waals surface area contributed by atoms with Crippen molar-refractivity contribution in [1.82, 2.24) is 9.97 Å². The molecule has 0 aliphatic carbocycles. The Bertz CT molecular complexity index is 1630. The van der Waals surface area contributed by atoms with Crippen LogP contribution in [0.5, 0.6) is 11.5 Å². The van der Waals surface area contributed by atoms with E-state index in [2.05, 4.69) is 0 Å². The van der Waals surface area contributed by atoms with E-state index in [1.165, 1.54) is 0 Å². The third-order valence-electron chi connectivity index (χ3n) is 6.22. The average molecular weight is 444 g/mol. The maximum absolute atomic E-state index is 14.3. The SMILES string of the molecule is COc1ccc2nc3ccccc3cc2c1C(=O)c1c(OC)ccc2nc3ccccc3cc12. The highest BCUT2D eigenvalue weighted by atomic mass is 16.5. The van der Waals surface area contributed by atoms with E-state index in [1.807, 2.05) is 72.8 Å². The van der Waals surface area contributed by atoms with Gasteiger partial charge in [-0.25, -0.2) is 9.97 Å². The van der Waals surface area contributed by atoms with Gasteiger partial charge in [0.25, 0.3) is 0 Å². The van der Waals surface area contributed by atoms with Crippen molar-refractivity contribution in [2.45, 2.75) is 0 Å². The minimum atomic E-state index is -0.195. The average Bonchev–Trinajstić information content (AvgIpc) is 2.89. The van der Waals surface area contributed by atoms with Gasteiger partial charge in [0.1, 0.15) is 11.5 Å². The summed E-state index contributed by atoms with van der Waals surface area (Å²) in [6.07, 6.45) is 0. The summed E-state index contributed by atoms with van der Waals surface area (Å²) in [6.45, 7) is 0. The minimum absolute atomic E-state index is 0.195. The number of fused-ring (bicyclic) bond motifs is 4. The topological polar surface area (TPSA) is 61.3 Å². The zero-order valence-corrected chi connectivity index (χ0v) is 18.7. The number of para-hydroxylation sites is 2. The molecule has 6 rings (SSSR count). The normalized spacial score (nSPS) is 11.4. The number of nitrogens with zero attached hydrogens (tertiary/aromatic N) is 2. The van der Waals surface area contributed by atoms with Crippen LogP contribution in [0.4, 0.5) is 0 Å². The number of ether oxygens (including phenoxy) is 2. The molecule has 0 unspecified atom stereocenters. The second kappa shape index (κ2) is 7.81. The summed E-state index contributed by atoms with van der Waals surface area (Å²) in [6, 6.07) is 27.1. The molecule has 0 radical (unpaired) electrons. The van der Waals surface area contributed by atoms with Gasteiger partial charge in [0.15, 0.2) is 0 Å². The highest BCUT2D eigenvalue weighted by Crippen LogP contribution is 2.37. The second-order valence-corrected chi connectivity index (χ2v) is 8.11. The Morgan fingerprint density at radius 1 is 0.588 bits per heavy atom. The van der Waals surface area contributed by atoms with E-state index in [4.69, 9.17) is 19.4 Å². The van der Waals surface area contributed by atoms with Gasteiger partial charge in [0, 0.05) is 21.5 Å². The highest BCUT2D eigenvalue weighted by molar-refractivity contribution is 6.24. The van der Waals surface area contributed by atoms with E-state index in [9.17, 15) is 4.79 Å². The van der Waals surface area contributed by atoms with Crippen molar-refractivity contribution >= 4 is 49.4 Å². The number of methoxy groups -OCH3 is 2. The van der Waals surface area contributed by atoms with E-state index < -0.39 is 0 Å². The zero-order chi connectivity index (χ0) is 23.2. The van der Waals surface area contributed by atoms with Gasteiger partial charge >= 0.3 is 0 Å². The molecule has 2 heterocycles. The fourth-order valence-electron chi connectivity index (χ4n) is 4.59. The van der Waals surface area contributed by atoms with Crippen LogP contribution < -0.4 is 9.47 Å². The molecular formula is C29H20N2O3. The Labute approximate surface area is 195 Å². The van der Waals surface area contributed by atoms with Crippen molar-refractivity contribution in [3.8, 4) is 11.5 Å². The lowest BCUT2D eigenvalue weighted by Crippen LogP contribution is -2.08. The molecule has 4 aromatic carbocycles. The molecule has 0 saturated heterocycles. The number of hydrogen-bond donors (Lipinski definition) is 0. The molecule has 0 atom stereocenters. The van der Waals surface area contributed by atoms with Crippen LogP contribution in [0.15, 0.2) is 84.9 Å². The minimum Gasteiger partial charge on any atom is -0.496 e. The van der Waals surface area contributed by atoms with Gasteiger partial charge in [-0.15, -0.1) is 0 Å².